The van der Waals surface area contributed by atoms with E-state index in [0.29, 0.717) is 18.8 Å². The molecular weight excluding hydrogens is 432 g/mol. The minimum absolute atomic E-state index is 0.228. The summed E-state index contributed by atoms with van der Waals surface area (Å²) in [6.07, 6.45) is 11.7. The Morgan fingerprint density at radius 3 is 2.79 bits per heavy atom. The maximum absolute atomic E-state index is 12.6. The summed E-state index contributed by atoms with van der Waals surface area (Å²) >= 11 is 0. The predicted molar refractivity (Wildman–Crippen MR) is 130 cm³/mol. The number of oxazole rings is 1. The Labute approximate surface area is 201 Å². The van der Waals surface area contributed by atoms with Crippen LogP contribution in [0.15, 0.2) is 46.9 Å². The summed E-state index contributed by atoms with van der Waals surface area (Å²) in [5.74, 6) is 0.986. The van der Waals surface area contributed by atoms with Crippen LogP contribution in [-0.4, -0.2) is 39.5 Å². The Morgan fingerprint density at radius 1 is 1.24 bits per heavy atom. The molecule has 1 aliphatic heterocycles. The average Bonchev–Trinajstić information content (AvgIpc) is 3.17. The van der Waals surface area contributed by atoms with Gasteiger partial charge < -0.3 is 19.2 Å². The molecule has 0 spiro atoms. The summed E-state index contributed by atoms with van der Waals surface area (Å²) in [5, 5.41) is 9.65. The molecule has 0 unspecified atom stereocenters. The Bertz CT molecular complexity index is 1050. The van der Waals surface area contributed by atoms with Crippen LogP contribution in [0.1, 0.15) is 61.6 Å². The third-order valence-corrected chi connectivity index (χ3v) is 5.96. The van der Waals surface area contributed by atoms with Gasteiger partial charge in [-0.25, -0.2) is 9.78 Å². The van der Waals surface area contributed by atoms with Crippen molar-refractivity contribution in [3.63, 3.8) is 0 Å². The van der Waals surface area contributed by atoms with Crippen LogP contribution < -0.4 is 4.74 Å². The number of unbranched alkanes of at least 4 members (excludes halogenated alkanes) is 2. The number of carboxylic acid groups (broad SMARTS) is 1. The van der Waals surface area contributed by atoms with Crippen molar-refractivity contribution >= 4 is 11.9 Å². The number of aliphatic carboxylic acids is 1. The Kier molecular flexibility index (Phi) is 9.08. The van der Waals surface area contributed by atoms with Crippen molar-refractivity contribution < 1.29 is 23.8 Å². The van der Waals surface area contributed by atoms with Crippen LogP contribution in [0.5, 0.6) is 5.75 Å². The molecule has 1 aliphatic rings. The van der Waals surface area contributed by atoms with Crippen molar-refractivity contribution in [2.24, 2.45) is 0 Å². The number of aromatic nitrogens is 1. The number of amides is 1. The molecule has 0 radical (unpaired) electrons. The number of rotatable bonds is 11. The number of ether oxygens (including phenoxy) is 1. The molecular formula is C27H34N2O5. The minimum Gasteiger partial charge on any atom is -0.493 e. The highest BCUT2D eigenvalue weighted by molar-refractivity contribution is 5.92. The molecule has 1 atom stereocenters. The zero-order chi connectivity index (χ0) is 24.5. The van der Waals surface area contributed by atoms with Gasteiger partial charge in [0.05, 0.1) is 12.3 Å². The van der Waals surface area contributed by atoms with E-state index in [-0.39, 0.29) is 18.9 Å². The molecule has 182 valence electrons. The van der Waals surface area contributed by atoms with E-state index in [0.717, 1.165) is 47.7 Å². The van der Waals surface area contributed by atoms with Crippen LogP contribution in [-0.2, 0) is 35.4 Å². The normalized spacial score (nSPS) is 15.7. The van der Waals surface area contributed by atoms with Gasteiger partial charge in [-0.1, -0.05) is 44.1 Å². The molecule has 0 fully saturated rings. The van der Waals surface area contributed by atoms with Gasteiger partial charge in [-0.2, -0.15) is 0 Å². The number of benzene rings is 1. The van der Waals surface area contributed by atoms with Crippen molar-refractivity contribution in [2.75, 3.05) is 6.61 Å². The Balaban J connectivity index is 1.63. The van der Waals surface area contributed by atoms with Gasteiger partial charge in [0.1, 0.15) is 17.6 Å². The summed E-state index contributed by atoms with van der Waals surface area (Å²) in [6.45, 7) is 6.63. The van der Waals surface area contributed by atoms with Gasteiger partial charge in [-0.3, -0.25) is 4.79 Å². The lowest BCUT2D eigenvalue weighted by atomic mass is 9.93. The van der Waals surface area contributed by atoms with Crippen molar-refractivity contribution in [1.82, 2.24) is 9.88 Å². The standard InChI is InChI=1S/C27H34N2O5/c1-4-6-8-10-25-28-23(19(3)34-25)14-15-33-22-13-12-20-17-24(27(31)32)29(18-21(20)16-22)26(30)11-9-7-5-2/h5,7,9,11-13,16,24H,4,6,8,10,14-15,17-18H2,1-3H3,(H,31,32)/b7-5+,11-9+/t24-/m0/s1. The highest BCUT2D eigenvalue weighted by Gasteiger charge is 2.33. The molecule has 7 heteroatoms. The van der Waals surface area contributed by atoms with E-state index in [1.54, 1.807) is 18.2 Å². The lowest BCUT2D eigenvalue weighted by molar-refractivity contribution is -0.149. The SMILES string of the molecule is C/C=C/C=C/C(=O)N1Cc2cc(OCCc3nc(CCCCC)oc3C)ccc2C[C@H]1C(=O)O. The predicted octanol–water partition coefficient (Wildman–Crippen LogP) is 4.81. The van der Waals surface area contributed by atoms with Crippen LogP contribution in [0.25, 0.3) is 0 Å². The maximum atomic E-state index is 12.6. The number of carbonyl (C=O) groups excluding carboxylic acids is 1. The van der Waals surface area contributed by atoms with Crippen LogP contribution in [0.3, 0.4) is 0 Å². The third-order valence-electron chi connectivity index (χ3n) is 5.96. The smallest absolute Gasteiger partial charge is 0.326 e. The largest absolute Gasteiger partial charge is 0.493 e. The number of allylic oxidation sites excluding steroid dienone is 3. The summed E-state index contributed by atoms with van der Waals surface area (Å²) in [5.41, 5.74) is 2.74. The fourth-order valence-electron chi connectivity index (χ4n) is 4.07. The van der Waals surface area contributed by atoms with E-state index in [9.17, 15) is 14.7 Å². The molecule has 0 bridgehead atoms. The van der Waals surface area contributed by atoms with Crippen molar-refractivity contribution in [3.8, 4) is 5.75 Å². The fraction of sp³-hybridized carbons (Fsp3) is 0.444. The fourth-order valence-corrected chi connectivity index (χ4v) is 4.07. The van der Waals surface area contributed by atoms with E-state index < -0.39 is 12.0 Å². The summed E-state index contributed by atoms with van der Waals surface area (Å²) < 4.78 is 11.7. The summed E-state index contributed by atoms with van der Waals surface area (Å²) in [6, 6.07) is 4.76. The van der Waals surface area contributed by atoms with E-state index in [1.165, 1.54) is 17.4 Å². The average molecular weight is 467 g/mol. The van der Waals surface area contributed by atoms with Gasteiger partial charge in [-0.05, 0) is 43.5 Å². The van der Waals surface area contributed by atoms with Crippen LogP contribution in [0.2, 0.25) is 0 Å². The van der Waals surface area contributed by atoms with Gasteiger partial charge in [0.2, 0.25) is 5.91 Å². The molecule has 2 aromatic rings. The van der Waals surface area contributed by atoms with E-state index in [1.807, 2.05) is 32.0 Å². The first-order valence-electron chi connectivity index (χ1n) is 12.0. The molecule has 0 saturated heterocycles. The molecule has 1 amide bonds. The minimum atomic E-state index is -1.00. The number of hydrogen-bond acceptors (Lipinski definition) is 5. The first-order valence-corrected chi connectivity index (χ1v) is 12.0. The molecule has 7 nitrogen and oxygen atoms in total. The van der Waals surface area contributed by atoms with E-state index in [4.69, 9.17) is 9.15 Å². The lowest BCUT2D eigenvalue weighted by Gasteiger charge is -2.34. The van der Waals surface area contributed by atoms with E-state index in [2.05, 4.69) is 11.9 Å². The molecule has 1 aromatic carbocycles. The zero-order valence-electron chi connectivity index (χ0n) is 20.3. The molecule has 1 aromatic heterocycles. The Morgan fingerprint density at radius 2 is 2.06 bits per heavy atom. The van der Waals surface area contributed by atoms with Crippen LogP contribution >= 0.6 is 0 Å². The second kappa shape index (κ2) is 12.2. The zero-order valence-corrected chi connectivity index (χ0v) is 20.3. The quantitative estimate of drug-likeness (QED) is 0.290. The van der Waals surface area contributed by atoms with E-state index >= 15 is 0 Å². The third kappa shape index (κ3) is 6.59. The van der Waals surface area contributed by atoms with Crippen LogP contribution in [0, 0.1) is 6.92 Å². The number of carboxylic acids is 1. The maximum Gasteiger partial charge on any atom is 0.326 e. The van der Waals surface area contributed by atoms with Gasteiger partial charge in [0.15, 0.2) is 5.89 Å². The van der Waals surface area contributed by atoms with Gasteiger partial charge in [-0.15, -0.1) is 0 Å². The van der Waals surface area contributed by atoms with Crippen LogP contribution in [0.4, 0.5) is 0 Å². The first-order chi connectivity index (χ1) is 16.4. The van der Waals surface area contributed by atoms with Crippen molar-refractivity contribution in [3.05, 3.63) is 71.0 Å². The molecule has 1 N–H and O–H groups in total. The molecule has 34 heavy (non-hydrogen) atoms. The first kappa shape index (κ1) is 25.3. The number of aryl methyl sites for hydroxylation is 2. The Hall–Kier alpha value is -3.35. The number of carbonyl (C=O) groups is 2. The monoisotopic (exact) mass is 466 g/mol. The number of nitrogens with zero attached hydrogens (tertiary/aromatic N) is 2. The highest BCUT2D eigenvalue weighted by Crippen LogP contribution is 2.28. The summed E-state index contributed by atoms with van der Waals surface area (Å²) in [7, 11) is 0. The van der Waals surface area contributed by atoms with Crippen molar-refractivity contribution in [2.45, 2.75) is 71.9 Å². The molecule has 0 saturated carbocycles. The van der Waals surface area contributed by atoms with Gasteiger partial charge in [0.25, 0.3) is 0 Å². The number of hydrogen-bond donors (Lipinski definition) is 1. The van der Waals surface area contributed by atoms with Gasteiger partial charge >= 0.3 is 5.97 Å². The summed E-state index contributed by atoms with van der Waals surface area (Å²) in [4.78, 5) is 30.4. The second-order valence-electron chi connectivity index (χ2n) is 8.51. The molecule has 3 rings (SSSR count). The highest BCUT2D eigenvalue weighted by atomic mass is 16.5. The molecule has 2 heterocycles. The van der Waals surface area contributed by atoms with Crippen molar-refractivity contribution in [1.29, 1.82) is 0 Å². The number of fused-ring (bicyclic) bond motifs is 1. The topological polar surface area (TPSA) is 92.9 Å². The molecule has 0 aliphatic carbocycles. The second-order valence-corrected chi connectivity index (χ2v) is 8.51. The van der Waals surface area contributed by atoms with Gasteiger partial charge in [0, 0.05) is 31.9 Å². The lowest BCUT2D eigenvalue weighted by Crippen LogP contribution is -2.48.